The Morgan fingerprint density at radius 2 is 1.95 bits per heavy atom. The van der Waals surface area contributed by atoms with Crippen LogP contribution in [0, 0.1) is 5.92 Å². The Hall–Kier alpha value is -1.60. The zero-order valence-corrected chi connectivity index (χ0v) is 12.8. The largest absolute Gasteiger partial charge is 0.497 e. The van der Waals surface area contributed by atoms with E-state index in [0.29, 0.717) is 18.7 Å². The average molecular weight is 313 g/mol. The van der Waals surface area contributed by atoms with Gasteiger partial charge < -0.3 is 9.84 Å². The van der Waals surface area contributed by atoms with Crippen LogP contribution in [0.2, 0.25) is 0 Å². The van der Waals surface area contributed by atoms with E-state index in [0.717, 1.165) is 0 Å². The number of methoxy groups -OCH3 is 1. The van der Waals surface area contributed by atoms with Crippen molar-refractivity contribution in [1.29, 1.82) is 0 Å². The molecular formula is C14H19NO5S. The van der Waals surface area contributed by atoms with Gasteiger partial charge in [0.1, 0.15) is 11.1 Å². The summed E-state index contributed by atoms with van der Waals surface area (Å²) in [6, 6.07) is 6.16. The van der Waals surface area contributed by atoms with Crippen molar-refractivity contribution in [3.05, 3.63) is 24.3 Å². The summed E-state index contributed by atoms with van der Waals surface area (Å²) in [5, 5.41) is 8.31. The number of nitrogens with zero attached hydrogens (tertiary/aromatic N) is 1. The maximum absolute atomic E-state index is 12.7. The highest BCUT2D eigenvalue weighted by Crippen LogP contribution is 2.30. The van der Waals surface area contributed by atoms with Gasteiger partial charge in [-0.1, -0.05) is 0 Å². The summed E-state index contributed by atoms with van der Waals surface area (Å²) < 4.78 is 30.4. The van der Waals surface area contributed by atoms with Crippen molar-refractivity contribution < 1.29 is 23.1 Å². The molecule has 2 unspecified atom stereocenters. The third-order valence-corrected chi connectivity index (χ3v) is 6.10. The fourth-order valence-electron chi connectivity index (χ4n) is 2.56. The van der Waals surface area contributed by atoms with Crippen molar-refractivity contribution >= 4 is 15.8 Å². The van der Waals surface area contributed by atoms with E-state index in [1.165, 1.54) is 19.2 Å². The van der Waals surface area contributed by atoms with Crippen LogP contribution in [0.1, 0.15) is 12.8 Å². The van der Waals surface area contributed by atoms with Crippen LogP contribution >= 0.6 is 0 Å². The van der Waals surface area contributed by atoms with E-state index in [9.17, 15) is 13.2 Å². The quantitative estimate of drug-likeness (QED) is 0.900. The van der Waals surface area contributed by atoms with Crippen LogP contribution in [0.4, 0.5) is 0 Å². The molecule has 0 spiro atoms. The highest BCUT2D eigenvalue weighted by Gasteiger charge is 2.38. The predicted molar refractivity (Wildman–Crippen MR) is 77.0 cm³/mol. The lowest BCUT2D eigenvalue weighted by Gasteiger charge is -2.34. The van der Waals surface area contributed by atoms with Crippen LogP contribution in [0.25, 0.3) is 0 Å². The topological polar surface area (TPSA) is 83.9 Å². The first-order chi connectivity index (χ1) is 9.86. The van der Waals surface area contributed by atoms with E-state index in [-0.39, 0.29) is 11.3 Å². The van der Waals surface area contributed by atoms with Crippen molar-refractivity contribution in [2.45, 2.75) is 23.1 Å². The van der Waals surface area contributed by atoms with Gasteiger partial charge in [0.25, 0.3) is 0 Å². The van der Waals surface area contributed by atoms with Crippen molar-refractivity contribution in [2.24, 2.45) is 5.92 Å². The second-order valence-electron chi connectivity index (χ2n) is 5.22. The van der Waals surface area contributed by atoms with E-state index < -0.39 is 27.1 Å². The number of ether oxygens (including phenoxy) is 1. The molecule has 1 aromatic carbocycles. The number of carboxylic acids is 1. The molecule has 0 amide bonds. The minimum atomic E-state index is -3.60. The Balaban J connectivity index is 2.29. The normalized spacial score (nSPS) is 23.7. The van der Waals surface area contributed by atoms with Gasteiger partial charge in [-0.25, -0.2) is 8.42 Å². The second-order valence-corrected chi connectivity index (χ2v) is 7.32. The molecule has 1 aromatic rings. The SMILES string of the molecule is COc1ccc(S(=O)(=O)C2CC(C(=O)O)CCN2C)cc1. The standard InChI is InChI=1S/C14H19NO5S/c1-15-8-7-10(14(16)17)9-13(15)21(18,19)12-5-3-11(20-2)4-6-12/h3-6,10,13H,7-9H2,1-2H3,(H,16,17). The number of hydrogen-bond acceptors (Lipinski definition) is 5. The predicted octanol–water partition coefficient (Wildman–Crippen LogP) is 1.22. The van der Waals surface area contributed by atoms with Crippen LogP contribution in [-0.4, -0.2) is 50.5 Å². The molecule has 1 heterocycles. The molecule has 1 fully saturated rings. The maximum atomic E-state index is 12.7. The molecule has 1 aliphatic heterocycles. The Labute approximate surface area is 124 Å². The number of sulfone groups is 1. The molecule has 0 saturated carbocycles. The molecule has 0 radical (unpaired) electrons. The van der Waals surface area contributed by atoms with Crippen LogP contribution in [-0.2, 0) is 14.6 Å². The lowest BCUT2D eigenvalue weighted by molar-refractivity contribution is -0.143. The van der Waals surface area contributed by atoms with Gasteiger partial charge in [0, 0.05) is 0 Å². The van der Waals surface area contributed by atoms with Crippen LogP contribution < -0.4 is 4.74 Å². The first-order valence-corrected chi connectivity index (χ1v) is 8.22. The molecule has 0 aliphatic carbocycles. The lowest BCUT2D eigenvalue weighted by atomic mass is 9.97. The van der Waals surface area contributed by atoms with Crippen molar-refractivity contribution in [2.75, 3.05) is 20.7 Å². The molecule has 2 atom stereocenters. The van der Waals surface area contributed by atoms with E-state index in [1.807, 2.05) is 0 Å². The molecule has 21 heavy (non-hydrogen) atoms. The first kappa shape index (κ1) is 15.8. The zero-order valence-electron chi connectivity index (χ0n) is 12.0. The Kier molecular flexibility index (Phi) is 4.53. The number of piperidine rings is 1. The lowest BCUT2D eigenvalue weighted by Crippen LogP contribution is -2.46. The summed E-state index contributed by atoms with van der Waals surface area (Å²) >= 11 is 0. The van der Waals surface area contributed by atoms with E-state index >= 15 is 0 Å². The summed E-state index contributed by atoms with van der Waals surface area (Å²) in [6.45, 7) is 0.455. The van der Waals surface area contributed by atoms with Gasteiger partial charge in [0.05, 0.1) is 17.9 Å². The van der Waals surface area contributed by atoms with Gasteiger partial charge in [-0.2, -0.15) is 0 Å². The summed E-state index contributed by atoms with van der Waals surface area (Å²) in [7, 11) is -0.374. The number of carboxylic acid groups (broad SMARTS) is 1. The van der Waals surface area contributed by atoms with Gasteiger partial charge in [-0.3, -0.25) is 9.69 Å². The number of hydrogen-bond donors (Lipinski definition) is 1. The second kappa shape index (κ2) is 6.03. The maximum Gasteiger partial charge on any atom is 0.306 e. The van der Waals surface area contributed by atoms with Crippen LogP contribution in [0.15, 0.2) is 29.2 Å². The third-order valence-electron chi connectivity index (χ3n) is 3.90. The molecule has 6 nitrogen and oxygen atoms in total. The average Bonchev–Trinajstić information content (AvgIpc) is 2.47. The summed E-state index contributed by atoms with van der Waals surface area (Å²) in [6.07, 6.45) is 0.584. The van der Waals surface area contributed by atoms with Gasteiger partial charge in [-0.15, -0.1) is 0 Å². The van der Waals surface area contributed by atoms with Gasteiger partial charge in [0.15, 0.2) is 9.84 Å². The highest BCUT2D eigenvalue weighted by molar-refractivity contribution is 7.92. The molecule has 7 heteroatoms. The molecule has 1 aliphatic rings. The monoisotopic (exact) mass is 313 g/mol. The molecule has 0 aromatic heterocycles. The fourth-order valence-corrected chi connectivity index (χ4v) is 4.45. The summed E-state index contributed by atoms with van der Waals surface area (Å²) in [5.41, 5.74) is 0. The highest BCUT2D eigenvalue weighted by atomic mass is 32.2. The van der Waals surface area contributed by atoms with Crippen LogP contribution in [0.5, 0.6) is 5.75 Å². The fraction of sp³-hybridized carbons (Fsp3) is 0.500. The molecule has 2 rings (SSSR count). The Morgan fingerprint density at radius 3 is 2.48 bits per heavy atom. The number of carbonyl (C=O) groups is 1. The van der Waals surface area contributed by atoms with Gasteiger partial charge in [-0.05, 0) is 50.7 Å². The van der Waals surface area contributed by atoms with Crippen molar-refractivity contribution in [3.63, 3.8) is 0 Å². The first-order valence-electron chi connectivity index (χ1n) is 6.67. The molecular weight excluding hydrogens is 294 g/mol. The van der Waals surface area contributed by atoms with E-state index in [1.54, 1.807) is 24.1 Å². The van der Waals surface area contributed by atoms with E-state index in [4.69, 9.17) is 9.84 Å². The van der Waals surface area contributed by atoms with Gasteiger partial charge >= 0.3 is 5.97 Å². The third kappa shape index (κ3) is 3.19. The van der Waals surface area contributed by atoms with Crippen molar-refractivity contribution in [1.82, 2.24) is 4.90 Å². The molecule has 1 saturated heterocycles. The van der Waals surface area contributed by atoms with Crippen molar-refractivity contribution in [3.8, 4) is 5.75 Å². The zero-order chi connectivity index (χ0) is 15.6. The number of rotatable bonds is 4. The Morgan fingerprint density at radius 1 is 1.33 bits per heavy atom. The molecule has 0 bridgehead atoms. The summed E-state index contributed by atoms with van der Waals surface area (Å²) in [5.74, 6) is -0.966. The van der Waals surface area contributed by atoms with Gasteiger partial charge in [0.2, 0.25) is 0 Å². The molecule has 1 N–H and O–H groups in total. The number of benzene rings is 1. The minimum Gasteiger partial charge on any atom is -0.497 e. The van der Waals surface area contributed by atoms with Crippen LogP contribution in [0.3, 0.4) is 0 Å². The minimum absolute atomic E-state index is 0.111. The summed E-state index contributed by atoms with van der Waals surface area (Å²) in [4.78, 5) is 13.0. The van der Waals surface area contributed by atoms with E-state index in [2.05, 4.69) is 0 Å². The smallest absolute Gasteiger partial charge is 0.306 e. The Bertz CT molecular complexity index is 611. The molecule has 116 valence electrons. The number of likely N-dealkylation sites (tertiary alicyclic amines) is 1. The number of aliphatic carboxylic acids is 1.